The van der Waals surface area contributed by atoms with Crippen LogP contribution in [0.3, 0.4) is 0 Å². The summed E-state index contributed by atoms with van der Waals surface area (Å²) in [7, 11) is 1.63. The molecule has 180 valence electrons. The Balaban J connectivity index is 1.23. The molecule has 1 amide bonds. The minimum atomic E-state index is -0.392. The van der Waals surface area contributed by atoms with Gasteiger partial charge in [0.2, 0.25) is 0 Å². The molecule has 0 aliphatic carbocycles. The van der Waals surface area contributed by atoms with Crippen LogP contribution in [0, 0.1) is 0 Å². The van der Waals surface area contributed by atoms with Gasteiger partial charge in [0.05, 0.1) is 7.11 Å². The molecule has 4 rings (SSSR count). The summed E-state index contributed by atoms with van der Waals surface area (Å²) < 4.78 is 11.1. The molecule has 2 unspecified atom stereocenters. The lowest BCUT2D eigenvalue weighted by molar-refractivity contribution is -0.122. The van der Waals surface area contributed by atoms with Crippen LogP contribution in [0.1, 0.15) is 29.2 Å². The smallest absolute Gasteiger partial charge is 0.258 e. The maximum atomic E-state index is 12.5. The molecule has 1 heterocycles. The first-order valence-electron chi connectivity index (χ1n) is 11.2. The van der Waals surface area contributed by atoms with E-state index in [-0.39, 0.29) is 11.9 Å². The Kier molecular flexibility index (Phi) is 8.51. The quantitative estimate of drug-likeness (QED) is 0.300. The normalized spacial score (nSPS) is 17.7. The third kappa shape index (κ3) is 6.93. The number of allylic oxidation sites excluding steroid dienone is 1. The van der Waals surface area contributed by atoms with Gasteiger partial charge in [-0.25, -0.2) is 16.3 Å². The summed E-state index contributed by atoms with van der Waals surface area (Å²) in [6, 6.07) is 22.7. The number of hydrazine groups is 1. The van der Waals surface area contributed by atoms with Crippen LogP contribution in [-0.4, -0.2) is 25.3 Å². The van der Waals surface area contributed by atoms with E-state index in [1.807, 2.05) is 78.9 Å². The van der Waals surface area contributed by atoms with Gasteiger partial charge in [-0.05, 0) is 60.0 Å². The number of carbonyl (C=O) groups is 1. The van der Waals surface area contributed by atoms with Gasteiger partial charge in [-0.3, -0.25) is 4.79 Å². The van der Waals surface area contributed by atoms with Crippen molar-refractivity contribution in [2.45, 2.75) is 25.1 Å². The van der Waals surface area contributed by atoms with E-state index in [4.69, 9.17) is 21.1 Å². The molecular weight excluding hydrogens is 464 g/mol. The van der Waals surface area contributed by atoms with E-state index in [1.54, 1.807) is 13.2 Å². The maximum absolute atomic E-state index is 12.5. The van der Waals surface area contributed by atoms with E-state index in [2.05, 4.69) is 21.4 Å². The van der Waals surface area contributed by atoms with Gasteiger partial charge in [0, 0.05) is 22.8 Å². The molecule has 0 spiro atoms. The van der Waals surface area contributed by atoms with Crippen molar-refractivity contribution in [3.05, 3.63) is 101 Å². The van der Waals surface area contributed by atoms with Gasteiger partial charge in [0.25, 0.3) is 5.91 Å². The Bertz CT molecular complexity index is 1180. The molecule has 3 aromatic rings. The molecule has 2 atom stereocenters. The first-order valence-corrected chi connectivity index (χ1v) is 11.6. The number of rotatable bonds is 9. The van der Waals surface area contributed by atoms with Crippen LogP contribution in [0.15, 0.2) is 84.0 Å². The second-order valence-electron chi connectivity index (χ2n) is 7.97. The van der Waals surface area contributed by atoms with E-state index in [0.29, 0.717) is 18.1 Å². The average Bonchev–Trinajstić information content (AvgIpc) is 3.39. The lowest BCUT2D eigenvalue weighted by Crippen LogP contribution is -2.41. The number of ether oxygens (including phenoxy) is 2. The minimum Gasteiger partial charge on any atom is -0.496 e. The number of para-hydroxylation sites is 1. The minimum absolute atomic E-state index is 0.00508. The number of methoxy groups -OCH3 is 1. The van der Waals surface area contributed by atoms with Crippen molar-refractivity contribution in [3.8, 4) is 11.5 Å². The molecule has 0 aromatic heterocycles. The predicted octanol–water partition coefficient (Wildman–Crippen LogP) is 4.65. The standard InChI is InChI=1S/C27H27ClN4O3/c1-34-26-7-3-2-5-21(26)6-4-16-29-32-27(33)25-17-24(30-31-25)20-10-14-23(15-11-20)35-18-19-8-12-22(28)13-9-19/h2-16,24-25,30-31H,17-18H2,1H3,(H,32,33)/b6-4+,29-16+. The molecule has 3 N–H and O–H groups in total. The third-order valence-electron chi connectivity index (χ3n) is 5.57. The lowest BCUT2D eigenvalue weighted by Gasteiger charge is -2.11. The molecule has 3 aromatic carbocycles. The number of hydrazone groups is 1. The van der Waals surface area contributed by atoms with Crippen LogP contribution >= 0.6 is 11.6 Å². The fourth-order valence-corrected chi connectivity index (χ4v) is 3.79. The van der Waals surface area contributed by atoms with Crippen molar-refractivity contribution in [1.29, 1.82) is 0 Å². The third-order valence-corrected chi connectivity index (χ3v) is 5.82. The van der Waals surface area contributed by atoms with E-state index in [9.17, 15) is 4.79 Å². The monoisotopic (exact) mass is 490 g/mol. The van der Waals surface area contributed by atoms with Gasteiger partial charge in [-0.2, -0.15) is 5.10 Å². The number of nitrogens with one attached hydrogen (secondary N) is 3. The molecular formula is C27H27ClN4O3. The highest BCUT2D eigenvalue weighted by Gasteiger charge is 2.30. The summed E-state index contributed by atoms with van der Waals surface area (Å²) in [5, 5.41) is 4.71. The molecule has 0 radical (unpaired) electrons. The van der Waals surface area contributed by atoms with Crippen molar-refractivity contribution in [1.82, 2.24) is 16.3 Å². The first-order chi connectivity index (χ1) is 17.1. The summed E-state index contributed by atoms with van der Waals surface area (Å²) in [6.45, 7) is 0.469. The highest BCUT2D eigenvalue weighted by molar-refractivity contribution is 6.30. The number of halogens is 1. The summed E-state index contributed by atoms with van der Waals surface area (Å²) in [4.78, 5) is 12.5. The number of hydrogen-bond acceptors (Lipinski definition) is 6. The summed E-state index contributed by atoms with van der Waals surface area (Å²) in [5.74, 6) is 1.35. The second kappa shape index (κ2) is 12.2. The molecule has 0 bridgehead atoms. The van der Waals surface area contributed by atoms with Crippen LogP contribution in [0.2, 0.25) is 5.02 Å². The number of hydrogen-bond donors (Lipinski definition) is 3. The zero-order valence-corrected chi connectivity index (χ0v) is 20.0. The number of carbonyl (C=O) groups excluding carboxylic acids is 1. The van der Waals surface area contributed by atoms with E-state index in [1.165, 1.54) is 6.21 Å². The number of amides is 1. The van der Waals surface area contributed by atoms with Crippen LogP contribution in [0.5, 0.6) is 11.5 Å². The zero-order valence-electron chi connectivity index (χ0n) is 19.3. The van der Waals surface area contributed by atoms with E-state index >= 15 is 0 Å². The number of nitrogens with zero attached hydrogens (tertiary/aromatic N) is 1. The van der Waals surface area contributed by atoms with Gasteiger partial charge >= 0.3 is 0 Å². The van der Waals surface area contributed by atoms with Gasteiger partial charge in [0.15, 0.2) is 0 Å². The van der Waals surface area contributed by atoms with Gasteiger partial charge in [-0.1, -0.05) is 54.1 Å². The molecule has 1 aliphatic heterocycles. The largest absolute Gasteiger partial charge is 0.496 e. The molecule has 1 fully saturated rings. The van der Waals surface area contributed by atoms with Crippen LogP contribution in [0.25, 0.3) is 6.08 Å². The van der Waals surface area contributed by atoms with Crippen molar-refractivity contribution >= 4 is 29.8 Å². The fraction of sp³-hybridized carbons (Fsp3) is 0.185. The van der Waals surface area contributed by atoms with Crippen molar-refractivity contribution in [2.24, 2.45) is 5.10 Å². The van der Waals surface area contributed by atoms with Gasteiger partial charge in [0.1, 0.15) is 24.1 Å². The molecule has 7 nitrogen and oxygen atoms in total. The highest BCUT2D eigenvalue weighted by Crippen LogP contribution is 2.25. The lowest BCUT2D eigenvalue weighted by atomic mass is 10.0. The highest BCUT2D eigenvalue weighted by atomic mass is 35.5. The zero-order chi connectivity index (χ0) is 24.5. The Morgan fingerprint density at radius 2 is 1.86 bits per heavy atom. The van der Waals surface area contributed by atoms with Crippen molar-refractivity contribution in [3.63, 3.8) is 0 Å². The Morgan fingerprint density at radius 1 is 1.09 bits per heavy atom. The number of benzene rings is 3. The topological polar surface area (TPSA) is 84.0 Å². The van der Waals surface area contributed by atoms with E-state index < -0.39 is 6.04 Å². The van der Waals surface area contributed by atoms with Gasteiger partial charge in [-0.15, -0.1) is 0 Å². The first kappa shape index (κ1) is 24.5. The van der Waals surface area contributed by atoms with Crippen molar-refractivity contribution in [2.75, 3.05) is 7.11 Å². The van der Waals surface area contributed by atoms with E-state index in [0.717, 1.165) is 28.2 Å². The Labute approximate surface area is 209 Å². The summed E-state index contributed by atoms with van der Waals surface area (Å²) in [5.41, 5.74) is 11.8. The summed E-state index contributed by atoms with van der Waals surface area (Å²) >= 11 is 5.92. The molecule has 1 saturated heterocycles. The maximum Gasteiger partial charge on any atom is 0.258 e. The summed E-state index contributed by atoms with van der Waals surface area (Å²) in [6.07, 6.45) is 5.75. The average molecular weight is 491 g/mol. The molecule has 35 heavy (non-hydrogen) atoms. The predicted molar refractivity (Wildman–Crippen MR) is 138 cm³/mol. The van der Waals surface area contributed by atoms with Crippen LogP contribution in [0.4, 0.5) is 0 Å². The Hall–Kier alpha value is -3.65. The molecule has 0 saturated carbocycles. The molecule has 1 aliphatic rings. The Morgan fingerprint density at radius 3 is 2.63 bits per heavy atom. The van der Waals surface area contributed by atoms with Crippen LogP contribution in [-0.2, 0) is 11.4 Å². The van der Waals surface area contributed by atoms with Crippen LogP contribution < -0.4 is 25.8 Å². The SMILES string of the molecule is COc1ccccc1/C=C/C=N/NC(=O)C1CC(c2ccc(OCc3ccc(Cl)cc3)cc2)NN1. The van der Waals surface area contributed by atoms with Gasteiger partial charge < -0.3 is 9.47 Å². The van der Waals surface area contributed by atoms with Crippen molar-refractivity contribution < 1.29 is 14.3 Å². The second-order valence-corrected chi connectivity index (χ2v) is 8.41. The molecule has 8 heteroatoms. The fourth-order valence-electron chi connectivity index (χ4n) is 3.66.